The minimum atomic E-state index is 0.952. The van der Waals surface area contributed by atoms with Crippen molar-refractivity contribution < 1.29 is 0 Å². The van der Waals surface area contributed by atoms with E-state index in [-0.39, 0.29) is 0 Å². The first kappa shape index (κ1) is 28.2. The molecule has 1 aliphatic rings. The van der Waals surface area contributed by atoms with Crippen LogP contribution in [0.15, 0.2) is 158 Å². The second-order valence-corrected chi connectivity index (χ2v) is 13.5. The lowest BCUT2D eigenvalue weighted by Crippen LogP contribution is -1.96. The van der Waals surface area contributed by atoms with Crippen LogP contribution in [0.25, 0.3) is 93.8 Å². The van der Waals surface area contributed by atoms with Gasteiger partial charge in [0.25, 0.3) is 0 Å². The number of aromatic nitrogens is 5. The van der Waals surface area contributed by atoms with Crippen molar-refractivity contribution in [1.82, 2.24) is 24.1 Å². The fraction of sp³-hybridized carbons (Fsp3) is 0.0435. The average Bonchev–Trinajstić information content (AvgIpc) is 3.85. The summed E-state index contributed by atoms with van der Waals surface area (Å²) >= 11 is 0. The van der Waals surface area contributed by atoms with Crippen LogP contribution in [-0.4, -0.2) is 24.1 Å². The van der Waals surface area contributed by atoms with Crippen molar-refractivity contribution in [2.24, 2.45) is 0 Å². The van der Waals surface area contributed by atoms with Gasteiger partial charge in [-0.2, -0.15) is 0 Å². The van der Waals surface area contributed by atoms with Crippen molar-refractivity contribution in [2.75, 3.05) is 0 Å². The third-order valence-corrected chi connectivity index (χ3v) is 10.6. The van der Waals surface area contributed by atoms with Gasteiger partial charge in [-0.05, 0) is 120 Å². The quantitative estimate of drug-likeness (QED) is 0.205. The van der Waals surface area contributed by atoms with E-state index in [4.69, 9.17) is 9.97 Å². The smallest absolute Gasteiger partial charge is 0.145 e. The predicted molar refractivity (Wildman–Crippen MR) is 212 cm³/mol. The summed E-state index contributed by atoms with van der Waals surface area (Å²) in [5.74, 6) is 0. The Kier molecular flexibility index (Phi) is 6.01. The molecule has 51 heavy (non-hydrogen) atoms. The first-order chi connectivity index (χ1) is 25.3. The third-order valence-electron chi connectivity index (χ3n) is 10.6. The number of fused-ring (bicyclic) bond motifs is 9. The van der Waals surface area contributed by atoms with Gasteiger partial charge < -0.3 is 4.98 Å². The Labute approximate surface area is 293 Å². The Balaban J connectivity index is 1.10. The molecule has 5 aromatic heterocycles. The molecule has 5 heterocycles. The monoisotopic (exact) mass is 653 g/mol. The standard InChI is InChI=1S/C46H31N5/c1-3-9-29(10-4-1)31-15-21-43-39(25-31)35-13-7-23-47-45(35)50(43)33-17-19-41-37(27-33)38-28-34(18-20-42(38)49-41)51-44-22-16-32(30-11-5-2-6-12-30)26-40(44)36-14-8-24-48-46(36)51/h1-5,7-11,13-28,49H,6,12H2. The topological polar surface area (TPSA) is 51.4 Å². The number of aromatic amines is 1. The number of pyridine rings is 2. The molecule has 5 heteroatoms. The van der Waals surface area contributed by atoms with E-state index in [9.17, 15) is 0 Å². The molecule has 0 saturated carbocycles. The molecule has 0 aliphatic heterocycles. The van der Waals surface area contributed by atoms with E-state index in [1.54, 1.807) is 0 Å². The number of rotatable bonds is 4. The van der Waals surface area contributed by atoms with Crippen LogP contribution < -0.4 is 0 Å². The number of hydrogen-bond acceptors (Lipinski definition) is 2. The van der Waals surface area contributed by atoms with Gasteiger partial charge in [-0.25, -0.2) is 9.97 Å². The summed E-state index contributed by atoms with van der Waals surface area (Å²) in [5.41, 5.74) is 13.7. The van der Waals surface area contributed by atoms with Crippen LogP contribution in [-0.2, 0) is 0 Å². The Morgan fingerprint density at radius 2 is 1.10 bits per heavy atom. The molecule has 5 nitrogen and oxygen atoms in total. The number of benzene rings is 5. The number of nitrogens with zero attached hydrogens (tertiary/aromatic N) is 4. The highest BCUT2D eigenvalue weighted by Crippen LogP contribution is 2.38. The highest BCUT2D eigenvalue weighted by molar-refractivity contribution is 6.13. The second-order valence-electron chi connectivity index (χ2n) is 13.5. The molecule has 0 fully saturated rings. The van der Waals surface area contributed by atoms with Crippen LogP contribution in [0, 0.1) is 0 Å². The summed E-state index contributed by atoms with van der Waals surface area (Å²) in [7, 11) is 0. The molecular weight excluding hydrogens is 623 g/mol. The average molecular weight is 654 g/mol. The first-order valence-corrected chi connectivity index (χ1v) is 17.5. The zero-order valence-corrected chi connectivity index (χ0v) is 27.7. The Morgan fingerprint density at radius 1 is 0.490 bits per heavy atom. The second kappa shape index (κ2) is 10.9. The molecule has 240 valence electrons. The van der Waals surface area contributed by atoms with Gasteiger partial charge in [0.15, 0.2) is 0 Å². The van der Waals surface area contributed by atoms with Crippen molar-refractivity contribution in [3.05, 3.63) is 164 Å². The zero-order chi connectivity index (χ0) is 33.5. The molecule has 0 unspecified atom stereocenters. The lowest BCUT2D eigenvalue weighted by atomic mass is 9.96. The molecule has 10 aromatic rings. The van der Waals surface area contributed by atoms with Crippen molar-refractivity contribution in [3.63, 3.8) is 0 Å². The van der Waals surface area contributed by atoms with Crippen LogP contribution in [0.4, 0.5) is 0 Å². The van der Waals surface area contributed by atoms with Gasteiger partial charge in [-0.3, -0.25) is 9.13 Å². The summed E-state index contributed by atoms with van der Waals surface area (Å²) in [5, 5.41) is 7.07. The van der Waals surface area contributed by atoms with Gasteiger partial charge >= 0.3 is 0 Å². The first-order valence-electron chi connectivity index (χ1n) is 17.5. The number of hydrogen-bond donors (Lipinski definition) is 1. The largest absolute Gasteiger partial charge is 0.355 e. The lowest BCUT2D eigenvalue weighted by Gasteiger charge is -2.11. The maximum atomic E-state index is 4.92. The SMILES string of the molecule is C1=CCCC(c2ccc3c(c2)c2cccnc2n3-c2ccc3[nH]c4ccc(-n5c6ccc(-c7ccccc7)cc6c6cccnc65)cc4c3c2)=C1. The van der Waals surface area contributed by atoms with Crippen molar-refractivity contribution in [2.45, 2.75) is 12.8 Å². The minimum absolute atomic E-state index is 0.952. The summed E-state index contributed by atoms with van der Waals surface area (Å²) in [6.45, 7) is 0. The van der Waals surface area contributed by atoms with Crippen LogP contribution in [0.5, 0.6) is 0 Å². The maximum Gasteiger partial charge on any atom is 0.145 e. The summed E-state index contributed by atoms with van der Waals surface area (Å²) < 4.78 is 4.61. The molecule has 11 rings (SSSR count). The van der Waals surface area contributed by atoms with E-state index < -0.39 is 0 Å². The minimum Gasteiger partial charge on any atom is -0.355 e. The van der Waals surface area contributed by atoms with Crippen molar-refractivity contribution in [1.29, 1.82) is 0 Å². The third kappa shape index (κ3) is 4.28. The molecule has 0 radical (unpaired) electrons. The van der Waals surface area contributed by atoms with E-state index in [0.29, 0.717) is 0 Å². The number of H-pyrrole nitrogens is 1. The van der Waals surface area contributed by atoms with Gasteiger partial charge in [0, 0.05) is 67.1 Å². The van der Waals surface area contributed by atoms with Crippen LogP contribution in [0.3, 0.4) is 0 Å². The van der Waals surface area contributed by atoms with Gasteiger partial charge in [0.05, 0.1) is 11.0 Å². The highest BCUT2D eigenvalue weighted by atomic mass is 15.1. The fourth-order valence-corrected chi connectivity index (χ4v) is 8.22. The number of nitrogens with one attached hydrogen (secondary N) is 1. The highest BCUT2D eigenvalue weighted by Gasteiger charge is 2.18. The predicted octanol–water partition coefficient (Wildman–Crippen LogP) is 11.7. The Morgan fingerprint density at radius 3 is 1.71 bits per heavy atom. The normalized spacial score (nSPS) is 13.4. The summed E-state index contributed by atoms with van der Waals surface area (Å²) in [6, 6.07) is 46.1. The molecule has 0 bridgehead atoms. The summed E-state index contributed by atoms with van der Waals surface area (Å²) in [4.78, 5) is 13.5. The lowest BCUT2D eigenvalue weighted by molar-refractivity contribution is 1.05. The van der Waals surface area contributed by atoms with Crippen LogP contribution in [0.1, 0.15) is 18.4 Å². The molecule has 0 amide bonds. The van der Waals surface area contributed by atoms with Crippen molar-refractivity contribution >= 4 is 71.3 Å². The van der Waals surface area contributed by atoms with Crippen LogP contribution >= 0.6 is 0 Å². The maximum absolute atomic E-state index is 4.92. The molecule has 0 spiro atoms. The van der Waals surface area contributed by atoms with Crippen molar-refractivity contribution in [3.8, 4) is 22.5 Å². The van der Waals surface area contributed by atoms with E-state index in [1.165, 1.54) is 43.8 Å². The fourth-order valence-electron chi connectivity index (χ4n) is 8.22. The van der Waals surface area contributed by atoms with E-state index in [0.717, 1.165) is 68.4 Å². The van der Waals surface area contributed by atoms with Gasteiger partial charge in [-0.1, -0.05) is 60.7 Å². The summed E-state index contributed by atoms with van der Waals surface area (Å²) in [6.07, 6.45) is 12.6. The van der Waals surface area contributed by atoms with Crippen LogP contribution in [0.2, 0.25) is 0 Å². The molecule has 1 aliphatic carbocycles. The molecule has 1 N–H and O–H groups in total. The van der Waals surface area contributed by atoms with Gasteiger partial charge in [0.1, 0.15) is 11.3 Å². The molecule has 0 saturated heterocycles. The molecular formula is C46H31N5. The number of allylic oxidation sites excluding steroid dienone is 4. The Bertz CT molecular complexity index is 3080. The zero-order valence-electron chi connectivity index (χ0n) is 27.7. The molecule has 0 atom stereocenters. The van der Waals surface area contributed by atoms with Gasteiger partial charge in [0.2, 0.25) is 0 Å². The van der Waals surface area contributed by atoms with E-state index in [1.807, 2.05) is 24.5 Å². The van der Waals surface area contributed by atoms with E-state index >= 15 is 0 Å². The Hall–Kier alpha value is -6.72. The van der Waals surface area contributed by atoms with Gasteiger partial charge in [-0.15, -0.1) is 0 Å². The molecule has 5 aromatic carbocycles. The van der Waals surface area contributed by atoms with E-state index in [2.05, 4.69) is 148 Å².